The van der Waals surface area contributed by atoms with E-state index in [-0.39, 0.29) is 5.82 Å². The van der Waals surface area contributed by atoms with Gasteiger partial charge in [-0.1, -0.05) is 0 Å². The van der Waals surface area contributed by atoms with Crippen molar-refractivity contribution in [3.63, 3.8) is 0 Å². The molecule has 0 spiro atoms. The Balaban J connectivity index is 2.61. The monoisotopic (exact) mass is 161 g/mol. The van der Waals surface area contributed by atoms with Crippen molar-refractivity contribution >= 4 is 24.2 Å². The Bertz CT molecular complexity index is 374. The Kier molecular flexibility index (Phi) is 1.43. The normalized spacial score (nSPS) is 13.7. The van der Waals surface area contributed by atoms with Crippen LogP contribution in [0.25, 0.3) is 0 Å². The molecular weight excluding hydrogens is 154 g/mol. The van der Waals surface area contributed by atoms with Gasteiger partial charge in [0.1, 0.15) is 5.82 Å². The Morgan fingerprint density at radius 1 is 1.50 bits per heavy atom. The summed E-state index contributed by atoms with van der Waals surface area (Å²) in [7, 11) is 1.69. The highest BCUT2D eigenvalue weighted by atomic mass is 19.1. The molecule has 2 nitrogen and oxygen atoms in total. The smallest absolute Gasteiger partial charge is 0.242 e. The van der Waals surface area contributed by atoms with Gasteiger partial charge in [-0.05, 0) is 30.1 Å². The zero-order valence-corrected chi connectivity index (χ0v) is 6.63. The predicted octanol–water partition coefficient (Wildman–Crippen LogP) is 0.423. The van der Waals surface area contributed by atoms with Gasteiger partial charge in [-0.15, -0.1) is 0 Å². The molecule has 12 heavy (non-hydrogen) atoms. The van der Waals surface area contributed by atoms with Gasteiger partial charge in [0.25, 0.3) is 0 Å². The van der Waals surface area contributed by atoms with Gasteiger partial charge in [0.05, 0.1) is 11.4 Å². The molecule has 4 heteroatoms. The average molecular weight is 161 g/mol. The van der Waals surface area contributed by atoms with E-state index in [1.54, 1.807) is 20.3 Å². The van der Waals surface area contributed by atoms with Crippen LogP contribution >= 0.6 is 0 Å². The lowest BCUT2D eigenvalue weighted by Gasteiger charge is -2.01. The van der Waals surface area contributed by atoms with Gasteiger partial charge in [-0.2, -0.15) is 0 Å². The van der Waals surface area contributed by atoms with Gasteiger partial charge < -0.3 is 5.73 Å². The number of fused-ring (bicyclic) bond motifs is 1. The van der Waals surface area contributed by atoms with Gasteiger partial charge in [0.15, 0.2) is 0 Å². The maximum atomic E-state index is 13.0. The van der Waals surface area contributed by atoms with Crippen LogP contribution in [0.2, 0.25) is 0 Å². The van der Waals surface area contributed by atoms with Crippen molar-refractivity contribution in [1.82, 2.24) is 0 Å². The lowest BCUT2D eigenvalue weighted by atomic mass is 9.68. The molecule has 0 amide bonds. The Labute approximate surface area is 70.5 Å². The zero-order chi connectivity index (χ0) is 8.72. The highest BCUT2D eigenvalue weighted by Crippen LogP contribution is 2.16. The van der Waals surface area contributed by atoms with E-state index in [0.717, 1.165) is 11.2 Å². The summed E-state index contributed by atoms with van der Waals surface area (Å²) in [6.45, 7) is 1.72. The Hall–Kier alpha value is -1.32. The number of amidine groups is 1. The first-order chi connectivity index (χ1) is 5.68. The molecule has 1 aliphatic rings. The molecule has 0 aliphatic carbocycles. The topological polar surface area (TPSA) is 38.4 Å². The summed E-state index contributed by atoms with van der Waals surface area (Å²) < 4.78 is 13.0. The lowest BCUT2D eigenvalue weighted by molar-refractivity contribution is 0.620. The summed E-state index contributed by atoms with van der Waals surface area (Å²) in [6.07, 6.45) is 0. The first kappa shape index (κ1) is 7.34. The van der Waals surface area contributed by atoms with Crippen molar-refractivity contribution in [3.8, 4) is 0 Å². The van der Waals surface area contributed by atoms with E-state index in [1.807, 2.05) is 0 Å². The van der Waals surface area contributed by atoms with Gasteiger partial charge in [0, 0.05) is 0 Å². The highest BCUT2D eigenvalue weighted by Gasteiger charge is 2.17. The molecule has 2 rings (SSSR count). The molecule has 1 aromatic carbocycles. The molecule has 1 heterocycles. The molecule has 0 saturated heterocycles. The summed E-state index contributed by atoms with van der Waals surface area (Å²) >= 11 is 0. The predicted molar refractivity (Wildman–Crippen MR) is 47.8 cm³/mol. The van der Waals surface area contributed by atoms with E-state index >= 15 is 0 Å². The van der Waals surface area contributed by atoms with Crippen molar-refractivity contribution in [2.45, 2.75) is 6.92 Å². The van der Waals surface area contributed by atoms with E-state index in [2.05, 4.69) is 4.99 Å². The lowest BCUT2D eigenvalue weighted by Crippen LogP contribution is -2.27. The molecule has 1 aromatic rings. The summed E-state index contributed by atoms with van der Waals surface area (Å²) in [5.41, 5.74) is 8.08. The fourth-order valence-corrected chi connectivity index (χ4v) is 1.29. The third-order valence-electron chi connectivity index (χ3n) is 1.97. The summed E-state index contributed by atoms with van der Waals surface area (Å²) in [5, 5.41) is 0. The van der Waals surface area contributed by atoms with Crippen LogP contribution in [0.3, 0.4) is 0 Å². The number of halogens is 1. The third kappa shape index (κ3) is 0.914. The first-order valence-electron chi connectivity index (χ1n) is 3.66. The van der Waals surface area contributed by atoms with E-state index < -0.39 is 0 Å². The molecule has 2 N–H and O–H groups in total. The van der Waals surface area contributed by atoms with Crippen LogP contribution in [0.5, 0.6) is 0 Å². The van der Waals surface area contributed by atoms with Crippen LogP contribution in [0, 0.1) is 12.7 Å². The largest absolute Gasteiger partial charge is 0.395 e. The van der Waals surface area contributed by atoms with Crippen molar-refractivity contribution in [3.05, 3.63) is 23.5 Å². The van der Waals surface area contributed by atoms with Gasteiger partial charge in [-0.25, -0.2) is 9.38 Å². The zero-order valence-electron chi connectivity index (χ0n) is 6.63. The van der Waals surface area contributed by atoms with Crippen molar-refractivity contribution in [2.75, 3.05) is 0 Å². The molecule has 0 aromatic heterocycles. The maximum Gasteiger partial charge on any atom is 0.242 e. The summed E-state index contributed by atoms with van der Waals surface area (Å²) in [4.78, 5) is 4.03. The number of hydrogen-bond acceptors (Lipinski definition) is 2. The van der Waals surface area contributed by atoms with E-state index in [1.165, 1.54) is 6.07 Å². The minimum Gasteiger partial charge on any atom is -0.395 e. The summed E-state index contributed by atoms with van der Waals surface area (Å²) in [5.74, 6) is -0.213. The number of rotatable bonds is 0. The van der Waals surface area contributed by atoms with Crippen LogP contribution in [-0.2, 0) is 0 Å². The molecule has 1 aliphatic heterocycles. The second-order valence-electron chi connectivity index (χ2n) is 2.79. The van der Waals surface area contributed by atoms with E-state index in [4.69, 9.17) is 5.73 Å². The third-order valence-corrected chi connectivity index (χ3v) is 1.97. The number of nitrogens with zero attached hydrogens (tertiary/aromatic N) is 1. The van der Waals surface area contributed by atoms with Gasteiger partial charge in [-0.3, -0.25) is 0 Å². The first-order valence-corrected chi connectivity index (χ1v) is 3.66. The van der Waals surface area contributed by atoms with E-state index in [9.17, 15) is 4.39 Å². The fourth-order valence-electron chi connectivity index (χ4n) is 1.29. The minimum atomic E-state index is -0.213. The fraction of sp³-hybridized carbons (Fsp3) is 0.125. The minimum absolute atomic E-state index is 0.213. The van der Waals surface area contributed by atoms with Crippen LogP contribution < -0.4 is 11.2 Å². The number of benzene rings is 1. The second kappa shape index (κ2) is 2.34. The maximum absolute atomic E-state index is 13.0. The van der Waals surface area contributed by atoms with Crippen molar-refractivity contribution < 1.29 is 4.39 Å². The average Bonchev–Trinajstić information content (AvgIpc) is 2.39. The van der Waals surface area contributed by atoms with Gasteiger partial charge in [0.2, 0.25) is 7.28 Å². The SMILES string of the molecule is Cc1c(F)ccc2c1[B]C(N)=N2. The second-order valence-corrected chi connectivity index (χ2v) is 2.79. The molecule has 0 atom stereocenters. The molecule has 1 radical (unpaired) electrons. The van der Waals surface area contributed by atoms with Crippen LogP contribution in [0.4, 0.5) is 10.1 Å². The van der Waals surface area contributed by atoms with Gasteiger partial charge >= 0.3 is 0 Å². The number of hydrogen-bond donors (Lipinski definition) is 1. The molecular formula is C8H7BFN2. The molecule has 0 fully saturated rings. The standard InChI is InChI=1S/C8H7BFN2/c1-4-5(10)2-3-6-7(4)9-8(11)12-6/h2-3H,1H3,(H2,11,12). The number of aliphatic imine (C=N–C) groups is 1. The highest BCUT2D eigenvalue weighted by molar-refractivity contribution is 6.87. The Morgan fingerprint density at radius 3 is 3.00 bits per heavy atom. The molecule has 0 saturated carbocycles. The molecule has 59 valence electrons. The van der Waals surface area contributed by atoms with Crippen LogP contribution in [0.15, 0.2) is 17.1 Å². The van der Waals surface area contributed by atoms with Crippen LogP contribution in [-0.4, -0.2) is 13.0 Å². The summed E-state index contributed by atoms with van der Waals surface area (Å²) in [6, 6.07) is 3.04. The Morgan fingerprint density at radius 2 is 2.25 bits per heavy atom. The van der Waals surface area contributed by atoms with E-state index in [0.29, 0.717) is 11.3 Å². The molecule has 0 bridgehead atoms. The van der Waals surface area contributed by atoms with Crippen LogP contribution in [0.1, 0.15) is 5.56 Å². The van der Waals surface area contributed by atoms with Crippen molar-refractivity contribution in [2.24, 2.45) is 10.7 Å². The van der Waals surface area contributed by atoms with Crippen molar-refractivity contribution in [1.29, 1.82) is 0 Å². The number of nitrogens with two attached hydrogens (primary N) is 1. The quantitative estimate of drug-likeness (QED) is 0.550. The molecule has 0 unspecified atom stereocenters.